The summed E-state index contributed by atoms with van der Waals surface area (Å²) in [6, 6.07) is 0. The van der Waals surface area contributed by atoms with E-state index in [9.17, 15) is 4.39 Å². The molecule has 2 unspecified atom stereocenters. The molecule has 1 heterocycles. The molecular weight excluding hydrogens is 169 g/mol. The Morgan fingerprint density at radius 1 is 1.46 bits per heavy atom. The van der Waals surface area contributed by atoms with Gasteiger partial charge in [-0.1, -0.05) is 0 Å². The standard InChI is InChI=1S/C6H13FN2.C3H9N/c1-6(7)3-2-4-9-5(6)8;1-4(2)3/h5,9H,2-4,8H2,1H3;1-3H3. The van der Waals surface area contributed by atoms with Crippen molar-refractivity contribution in [2.45, 2.75) is 31.6 Å². The molecule has 0 saturated carbocycles. The Morgan fingerprint density at radius 2 is 1.92 bits per heavy atom. The molecule has 2 atom stereocenters. The van der Waals surface area contributed by atoms with Gasteiger partial charge in [0.25, 0.3) is 0 Å². The van der Waals surface area contributed by atoms with Gasteiger partial charge in [0.15, 0.2) is 0 Å². The van der Waals surface area contributed by atoms with Crippen LogP contribution in [0.3, 0.4) is 0 Å². The first-order chi connectivity index (χ1) is 5.86. The van der Waals surface area contributed by atoms with Gasteiger partial charge in [-0.05, 0) is 47.5 Å². The van der Waals surface area contributed by atoms with Crippen LogP contribution in [0, 0.1) is 0 Å². The Bertz CT molecular complexity index is 134. The second-order valence-corrected chi connectivity index (χ2v) is 4.16. The minimum absolute atomic E-state index is 0.466. The number of piperidine rings is 1. The highest BCUT2D eigenvalue weighted by Gasteiger charge is 2.33. The molecule has 0 aromatic rings. The third kappa shape index (κ3) is 5.96. The van der Waals surface area contributed by atoms with Crippen LogP contribution >= 0.6 is 0 Å². The number of nitrogens with one attached hydrogen (secondary N) is 1. The molecule has 0 aromatic heterocycles. The summed E-state index contributed by atoms with van der Waals surface area (Å²) in [4.78, 5) is 2.00. The van der Waals surface area contributed by atoms with Gasteiger partial charge in [0.1, 0.15) is 5.67 Å². The van der Waals surface area contributed by atoms with Gasteiger partial charge in [0.2, 0.25) is 0 Å². The Morgan fingerprint density at radius 3 is 2.15 bits per heavy atom. The van der Waals surface area contributed by atoms with Crippen molar-refractivity contribution < 1.29 is 4.39 Å². The Balaban J connectivity index is 0.000000310. The summed E-state index contributed by atoms with van der Waals surface area (Å²) in [5.74, 6) is 0. The van der Waals surface area contributed by atoms with Crippen molar-refractivity contribution in [1.82, 2.24) is 10.2 Å². The van der Waals surface area contributed by atoms with Crippen molar-refractivity contribution >= 4 is 0 Å². The molecule has 0 radical (unpaired) electrons. The SMILES string of the molecule is CC1(F)CCCNC1N.CN(C)C. The minimum Gasteiger partial charge on any atom is -0.313 e. The number of nitrogens with zero attached hydrogens (tertiary/aromatic N) is 1. The molecule has 1 aliphatic heterocycles. The van der Waals surface area contributed by atoms with Gasteiger partial charge >= 0.3 is 0 Å². The zero-order valence-electron chi connectivity index (χ0n) is 9.10. The van der Waals surface area contributed by atoms with E-state index in [1.54, 1.807) is 6.92 Å². The summed E-state index contributed by atoms with van der Waals surface area (Å²) < 4.78 is 13.1. The van der Waals surface area contributed by atoms with E-state index in [4.69, 9.17) is 5.73 Å². The lowest BCUT2D eigenvalue weighted by atomic mass is 9.95. The molecule has 3 nitrogen and oxygen atoms in total. The highest BCUT2D eigenvalue weighted by molar-refractivity contribution is 4.87. The summed E-state index contributed by atoms with van der Waals surface area (Å²) >= 11 is 0. The summed E-state index contributed by atoms with van der Waals surface area (Å²) in [6.07, 6.45) is 1.01. The molecule has 1 saturated heterocycles. The smallest absolute Gasteiger partial charge is 0.136 e. The largest absolute Gasteiger partial charge is 0.313 e. The van der Waals surface area contributed by atoms with Crippen molar-refractivity contribution in [3.8, 4) is 0 Å². The second-order valence-electron chi connectivity index (χ2n) is 4.16. The summed E-state index contributed by atoms with van der Waals surface area (Å²) in [7, 11) is 6.00. The highest BCUT2D eigenvalue weighted by Crippen LogP contribution is 2.22. The maximum atomic E-state index is 13.1. The van der Waals surface area contributed by atoms with Crippen molar-refractivity contribution in [3.63, 3.8) is 0 Å². The van der Waals surface area contributed by atoms with Gasteiger partial charge in [-0.2, -0.15) is 0 Å². The van der Waals surface area contributed by atoms with Crippen LogP contribution in [0.5, 0.6) is 0 Å². The van der Waals surface area contributed by atoms with Crippen LogP contribution in [0.15, 0.2) is 0 Å². The molecule has 0 aromatic carbocycles. The number of alkyl halides is 1. The number of halogens is 1. The lowest BCUT2D eigenvalue weighted by molar-refractivity contribution is 0.0915. The van der Waals surface area contributed by atoms with Gasteiger partial charge in [-0.15, -0.1) is 0 Å². The predicted octanol–water partition coefficient (Wildman–Crippen LogP) is 0.561. The van der Waals surface area contributed by atoms with Crippen LogP contribution in [0.2, 0.25) is 0 Å². The maximum absolute atomic E-state index is 13.1. The topological polar surface area (TPSA) is 41.3 Å². The zero-order valence-corrected chi connectivity index (χ0v) is 9.10. The van der Waals surface area contributed by atoms with Crippen molar-refractivity contribution in [1.29, 1.82) is 0 Å². The molecule has 0 bridgehead atoms. The molecule has 1 fully saturated rings. The third-order valence-corrected chi connectivity index (χ3v) is 1.86. The average molecular weight is 191 g/mol. The van der Waals surface area contributed by atoms with Crippen LogP contribution < -0.4 is 11.1 Å². The molecule has 3 N–H and O–H groups in total. The van der Waals surface area contributed by atoms with Crippen molar-refractivity contribution in [2.24, 2.45) is 5.73 Å². The number of hydrogen-bond donors (Lipinski definition) is 2. The molecule has 0 aliphatic carbocycles. The van der Waals surface area contributed by atoms with E-state index >= 15 is 0 Å². The maximum Gasteiger partial charge on any atom is 0.136 e. The van der Waals surface area contributed by atoms with Crippen LogP contribution in [0.1, 0.15) is 19.8 Å². The number of nitrogens with two attached hydrogens (primary N) is 1. The van der Waals surface area contributed by atoms with Gasteiger partial charge in [-0.3, -0.25) is 5.32 Å². The van der Waals surface area contributed by atoms with E-state index in [0.717, 1.165) is 13.0 Å². The fourth-order valence-electron chi connectivity index (χ4n) is 1.06. The van der Waals surface area contributed by atoms with Crippen LogP contribution in [-0.2, 0) is 0 Å². The van der Waals surface area contributed by atoms with Gasteiger partial charge < -0.3 is 10.6 Å². The first-order valence-electron chi connectivity index (χ1n) is 4.65. The summed E-state index contributed by atoms with van der Waals surface area (Å²) in [6.45, 7) is 2.39. The van der Waals surface area contributed by atoms with Crippen LogP contribution in [-0.4, -0.2) is 44.4 Å². The Labute approximate surface area is 80.5 Å². The fourth-order valence-corrected chi connectivity index (χ4v) is 1.06. The summed E-state index contributed by atoms with van der Waals surface area (Å²) in [5.41, 5.74) is 4.23. The van der Waals surface area contributed by atoms with E-state index in [0.29, 0.717) is 6.42 Å². The Kier molecular flexibility index (Phi) is 5.44. The van der Waals surface area contributed by atoms with E-state index in [1.807, 2.05) is 26.0 Å². The van der Waals surface area contributed by atoms with E-state index < -0.39 is 11.8 Å². The molecule has 0 spiro atoms. The second kappa shape index (κ2) is 5.52. The van der Waals surface area contributed by atoms with Gasteiger partial charge in [-0.25, -0.2) is 4.39 Å². The highest BCUT2D eigenvalue weighted by atomic mass is 19.1. The van der Waals surface area contributed by atoms with Gasteiger partial charge in [0, 0.05) is 0 Å². The van der Waals surface area contributed by atoms with Crippen molar-refractivity contribution in [2.75, 3.05) is 27.7 Å². The van der Waals surface area contributed by atoms with Crippen LogP contribution in [0.4, 0.5) is 4.39 Å². The number of hydrogen-bond acceptors (Lipinski definition) is 3. The monoisotopic (exact) mass is 191 g/mol. The Hall–Kier alpha value is -0.190. The molecule has 80 valence electrons. The zero-order chi connectivity index (χ0) is 10.5. The first-order valence-corrected chi connectivity index (χ1v) is 4.65. The molecule has 1 aliphatic rings. The van der Waals surface area contributed by atoms with E-state index in [2.05, 4.69) is 5.32 Å². The predicted molar refractivity (Wildman–Crippen MR) is 54.3 cm³/mol. The molecule has 13 heavy (non-hydrogen) atoms. The fraction of sp³-hybridized carbons (Fsp3) is 1.00. The van der Waals surface area contributed by atoms with E-state index in [-0.39, 0.29) is 0 Å². The first kappa shape index (κ1) is 12.8. The number of rotatable bonds is 0. The van der Waals surface area contributed by atoms with Gasteiger partial charge in [0.05, 0.1) is 6.17 Å². The molecule has 4 heteroatoms. The molecule has 1 rings (SSSR count). The average Bonchev–Trinajstić information content (AvgIpc) is 1.94. The lowest BCUT2D eigenvalue weighted by Gasteiger charge is -2.32. The quantitative estimate of drug-likeness (QED) is 0.588. The molecular formula is C9H22FN3. The van der Waals surface area contributed by atoms with E-state index in [1.165, 1.54) is 0 Å². The van der Waals surface area contributed by atoms with Crippen LogP contribution in [0.25, 0.3) is 0 Å². The normalized spacial score (nSPS) is 33.9. The lowest BCUT2D eigenvalue weighted by Crippen LogP contribution is -2.55. The minimum atomic E-state index is -1.20. The summed E-state index contributed by atoms with van der Waals surface area (Å²) in [5, 5.41) is 2.88. The van der Waals surface area contributed by atoms with Crippen molar-refractivity contribution in [3.05, 3.63) is 0 Å². The molecule has 0 amide bonds. The third-order valence-electron chi connectivity index (χ3n) is 1.86.